The number of hydrazine groups is 1. The standard InChI is InChI=1S/C19H20ClFN2O3/c1-19(2,3)23(18(25)15-10-7-13(21)11-16(15)20)22-17(24)12-5-8-14(26-4)9-6-12/h5-11H,1-4H3,(H,22,24). The molecule has 0 aromatic heterocycles. The van der Waals surface area contributed by atoms with Gasteiger partial charge in [-0.1, -0.05) is 11.6 Å². The van der Waals surface area contributed by atoms with Crippen LogP contribution in [0.1, 0.15) is 41.5 Å². The summed E-state index contributed by atoms with van der Waals surface area (Å²) >= 11 is 5.99. The summed E-state index contributed by atoms with van der Waals surface area (Å²) in [6, 6.07) is 9.96. The molecule has 2 aromatic carbocycles. The van der Waals surface area contributed by atoms with Gasteiger partial charge in [0.15, 0.2) is 0 Å². The number of hydrogen-bond donors (Lipinski definition) is 1. The minimum absolute atomic E-state index is 0.0250. The maximum absolute atomic E-state index is 13.2. The number of nitrogens with zero attached hydrogens (tertiary/aromatic N) is 1. The van der Waals surface area contributed by atoms with Crippen LogP contribution in [0, 0.1) is 5.82 Å². The number of halogens is 2. The molecule has 0 spiro atoms. The Morgan fingerprint density at radius 1 is 1.12 bits per heavy atom. The number of hydrogen-bond acceptors (Lipinski definition) is 3. The van der Waals surface area contributed by atoms with Crippen molar-refractivity contribution in [1.29, 1.82) is 0 Å². The van der Waals surface area contributed by atoms with Crippen LogP contribution in [0.15, 0.2) is 42.5 Å². The number of benzene rings is 2. The van der Waals surface area contributed by atoms with E-state index in [0.29, 0.717) is 11.3 Å². The van der Waals surface area contributed by atoms with Crippen molar-refractivity contribution in [3.63, 3.8) is 0 Å². The number of rotatable bonds is 3. The quantitative estimate of drug-likeness (QED) is 0.819. The third-order valence-corrected chi connectivity index (χ3v) is 3.91. The van der Waals surface area contributed by atoms with Crippen LogP contribution in [-0.4, -0.2) is 29.5 Å². The molecule has 26 heavy (non-hydrogen) atoms. The topological polar surface area (TPSA) is 58.6 Å². The van der Waals surface area contributed by atoms with Crippen LogP contribution >= 0.6 is 11.6 Å². The van der Waals surface area contributed by atoms with Gasteiger partial charge in [-0.25, -0.2) is 9.40 Å². The Balaban J connectivity index is 2.29. The number of carbonyl (C=O) groups is 2. The van der Waals surface area contributed by atoms with Crippen molar-refractivity contribution in [3.8, 4) is 5.75 Å². The summed E-state index contributed by atoms with van der Waals surface area (Å²) in [6.07, 6.45) is 0. The zero-order valence-electron chi connectivity index (χ0n) is 15.0. The largest absolute Gasteiger partial charge is 0.497 e. The normalized spacial score (nSPS) is 11.0. The van der Waals surface area contributed by atoms with Crippen molar-refractivity contribution in [1.82, 2.24) is 10.4 Å². The van der Waals surface area contributed by atoms with Gasteiger partial charge in [0.25, 0.3) is 11.8 Å². The molecular formula is C19H20ClFN2O3. The molecule has 5 nitrogen and oxygen atoms in total. The van der Waals surface area contributed by atoms with Gasteiger partial charge in [0, 0.05) is 5.56 Å². The van der Waals surface area contributed by atoms with Crippen LogP contribution in [0.3, 0.4) is 0 Å². The highest BCUT2D eigenvalue weighted by atomic mass is 35.5. The molecule has 0 heterocycles. The van der Waals surface area contributed by atoms with Gasteiger partial charge in [0.05, 0.1) is 23.2 Å². The van der Waals surface area contributed by atoms with Gasteiger partial charge < -0.3 is 4.74 Å². The van der Waals surface area contributed by atoms with E-state index in [2.05, 4.69) is 5.43 Å². The molecule has 7 heteroatoms. The molecule has 1 N–H and O–H groups in total. The lowest BCUT2D eigenvalue weighted by atomic mass is 10.1. The van der Waals surface area contributed by atoms with E-state index in [4.69, 9.17) is 16.3 Å². The van der Waals surface area contributed by atoms with Crippen molar-refractivity contribution in [2.45, 2.75) is 26.3 Å². The van der Waals surface area contributed by atoms with Gasteiger partial charge in [-0.3, -0.25) is 15.0 Å². The fraction of sp³-hybridized carbons (Fsp3) is 0.263. The number of carbonyl (C=O) groups excluding carboxylic acids is 2. The molecule has 2 amide bonds. The molecule has 0 saturated carbocycles. The van der Waals surface area contributed by atoms with E-state index in [0.717, 1.165) is 12.1 Å². The maximum atomic E-state index is 13.2. The first-order valence-corrected chi connectivity index (χ1v) is 8.26. The van der Waals surface area contributed by atoms with Gasteiger partial charge >= 0.3 is 0 Å². The highest BCUT2D eigenvalue weighted by Crippen LogP contribution is 2.22. The van der Waals surface area contributed by atoms with Gasteiger partial charge in [-0.15, -0.1) is 0 Å². The molecule has 0 bridgehead atoms. The van der Waals surface area contributed by atoms with Crippen molar-refractivity contribution in [2.75, 3.05) is 7.11 Å². The predicted molar refractivity (Wildman–Crippen MR) is 97.8 cm³/mol. The molecule has 0 aliphatic rings. The van der Waals surface area contributed by atoms with Gasteiger partial charge in [0.1, 0.15) is 11.6 Å². The Morgan fingerprint density at radius 3 is 2.23 bits per heavy atom. The van der Waals surface area contributed by atoms with Crippen LogP contribution in [0.5, 0.6) is 5.75 Å². The predicted octanol–water partition coefficient (Wildman–Crippen LogP) is 4.07. The molecule has 0 aliphatic heterocycles. The molecule has 138 valence electrons. The zero-order valence-corrected chi connectivity index (χ0v) is 15.7. The Morgan fingerprint density at radius 2 is 1.73 bits per heavy atom. The first-order chi connectivity index (χ1) is 12.1. The average Bonchev–Trinajstić information content (AvgIpc) is 2.58. The first-order valence-electron chi connectivity index (χ1n) is 7.88. The summed E-state index contributed by atoms with van der Waals surface area (Å²) < 4.78 is 18.3. The lowest BCUT2D eigenvalue weighted by molar-refractivity contribution is 0.0358. The Labute approximate surface area is 156 Å². The van der Waals surface area contributed by atoms with Crippen molar-refractivity contribution >= 4 is 23.4 Å². The van der Waals surface area contributed by atoms with Crippen LogP contribution < -0.4 is 10.2 Å². The second-order valence-electron chi connectivity index (χ2n) is 6.60. The summed E-state index contributed by atoms with van der Waals surface area (Å²) in [6.45, 7) is 5.28. The van der Waals surface area contributed by atoms with E-state index in [1.165, 1.54) is 18.2 Å². The minimum Gasteiger partial charge on any atom is -0.497 e. The highest BCUT2D eigenvalue weighted by Gasteiger charge is 2.30. The Hall–Kier alpha value is -2.60. The van der Waals surface area contributed by atoms with Crippen molar-refractivity contribution in [3.05, 3.63) is 64.4 Å². The fourth-order valence-electron chi connectivity index (χ4n) is 2.21. The molecule has 0 radical (unpaired) electrons. The van der Waals surface area contributed by atoms with Crippen LogP contribution in [0.4, 0.5) is 4.39 Å². The summed E-state index contributed by atoms with van der Waals surface area (Å²) in [5.74, 6) is -0.932. The third-order valence-electron chi connectivity index (χ3n) is 3.60. The molecule has 0 aliphatic carbocycles. The Bertz CT molecular complexity index is 817. The van der Waals surface area contributed by atoms with E-state index in [-0.39, 0.29) is 10.6 Å². The molecular weight excluding hydrogens is 359 g/mol. The lowest BCUT2D eigenvalue weighted by Gasteiger charge is -2.35. The molecule has 2 rings (SSSR count). The van der Waals surface area contributed by atoms with Crippen LogP contribution in [0.25, 0.3) is 0 Å². The SMILES string of the molecule is COc1ccc(C(=O)NN(C(=O)c2ccc(F)cc2Cl)C(C)(C)C)cc1. The van der Waals surface area contributed by atoms with Crippen molar-refractivity contribution < 1.29 is 18.7 Å². The zero-order chi connectivity index (χ0) is 19.5. The molecule has 0 atom stereocenters. The summed E-state index contributed by atoms with van der Waals surface area (Å²) in [5.41, 5.74) is 2.32. The van der Waals surface area contributed by atoms with E-state index < -0.39 is 23.2 Å². The highest BCUT2D eigenvalue weighted by molar-refractivity contribution is 6.33. The number of nitrogens with one attached hydrogen (secondary N) is 1. The third kappa shape index (κ3) is 4.52. The Kier molecular flexibility index (Phi) is 5.87. The monoisotopic (exact) mass is 378 g/mol. The van der Waals surface area contributed by atoms with E-state index in [9.17, 15) is 14.0 Å². The lowest BCUT2D eigenvalue weighted by Crippen LogP contribution is -2.55. The molecule has 2 aromatic rings. The first kappa shape index (κ1) is 19.7. The second kappa shape index (κ2) is 7.74. The maximum Gasteiger partial charge on any atom is 0.274 e. The molecule has 0 fully saturated rings. The van der Waals surface area contributed by atoms with Crippen LogP contribution in [0.2, 0.25) is 5.02 Å². The summed E-state index contributed by atoms with van der Waals surface area (Å²) in [7, 11) is 1.53. The second-order valence-corrected chi connectivity index (χ2v) is 7.01. The number of amides is 2. The van der Waals surface area contributed by atoms with E-state index in [1.807, 2.05) is 0 Å². The van der Waals surface area contributed by atoms with E-state index in [1.54, 1.807) is 45.0 Å². The minimum atomic E-state index is -0.739. The van der Waals surface area contributed by atoms with Crippen molar-refractivity contribution in [2.24, 2.45) is 0 Å². The van der Waals surface area contributed by atoms with E-state index >= 15 is 0 Å². The smallest absolute Gasteiger partial charge is 0.274 e. The van der Waals surface area contributed by atoms with Crippen LogP contribution in [-0.2, 0) is 0 Å². The van der Waals surface area contributed by atoms with Gasteiger partial charge in [-0.2, -0.15) is 0 Å². The number of ether oxygens (including phenoxy) is 1. The average molecular weight is 379 g/mol. The molecule has 0 saturated heterocycles. The molecule has 0 unspecified atom stereocenters. The number of methoxy groups -OCH3 is 1. The fourth-order valence-corrected chi connectivity index (χ4v) is 2.46. The summed E-state index contributed by atoms with van der Waals surface area (Å²) in [5, 5.41) is 1.15. The van der Waals surface area contributed by atoms with Gasteiger partial charge in [0.2, 0.25) is 0 Å². The van der Waals surface area contributed by atoms with Gasteiger partial charge in [-0.05, 0) is 63.2 Å². The summed E-state index contributed by atoms with van der Waals surface area (Å²) in [4.78, 5) is 25.4.